The van der Waals surface area contributed by atoms with Crippen LogP contribution >= 0.6 is 0 Å². The molecule has 0 aliphatic rings. The summed E-state index contributed by atoms with van der Waals surface area (Å²) in [7, 11) is 1.68. The predicted octanol–water partition coefficient (Wildman–Crippen LogP) is 3.61. The minimum absolute atomic E-state index is 0.761. The van der Waals surface area contributed by atoms with Crippen molar-refractivity contribution in [3.8, 4) is 17.0 Å². The molecule has 0 aliphatic heterocycles. The molecule has 0 saturated heterocycles. The third-order valence-electron chi connectivity index (χ3n) is 3.21. The Kier molecular flexibility index (Phi) is 3.50. The van der Waals surface area contributed by atoms with Gasteiger partial charge in [0.1, 0.15) is 5.75 Å². The van der Waals surface area contributed by atoms with Crippen molar-refractivity contribution in [1.29, 1.82) is 0 Å². The Hall–Kier alpha value is -2.55. The normalized spacial score (nSPS) is 10.4. The van der Waals surface area contributed by atoms with E-state index in [1.165, 1.54) is 5.56 Å². The van der Waals surface area contributed by atoms with Gasteiger partial charge in [-0.15, -0.1) is 0 Å². The Morgan fingerprint density at radius 3 is 2.40 bits per heavy atom. The van der Waals surface area contributed by atoms with Crippen LogP contribution in [0.1, 0.15) is 5.56 Å². The lowest BCUT2D eigenvalue weighted by atomic mass is 10.2. The van der Waals surface area contributed by atoms with Crippen LogP contribution in [0.3, 0.4) is 0 Å². The molecule has 1 heterocycles. The van der Waals surface area contributed by atoms with Gasteiger partial charge in [0.25, 0.3) is 0 Å². The second kappa shape index (κ2) is 5.61. The largest absolute Gasteiger partial charge is 0.497 e. The molecule has 0 amide bonds. The van der Waals surface area contributed by atoms with Gasteiger partial charge in [0, 0.05) is 11.8 Å². The number of nitrogens with zero attached hydrogens (tertiary/aromatic N) is 2. The quantitative estimate of drug-likeness (QED) is 0.720. The smallest absolute Gasteiger partial charge is 0.118 e. The fourth-order valence-corrected chi connectivity index (χ4v) is 2.13. The third-order valence-corrected chi connectivity index (χ3v) is 3.21. The van der Waals surface area contributed by atoms with Gasteiger partial charge < -0.3 is 4.74 Å². The first-order chi connectivity index (χ1) is 9.85. The summed E-state index contributed by atoms with van der Waals surface area (Å²) in [6, 6.07) is 20.3. The average Bonchev–Trinajstić information content (AvgIpc) is 2.97. The molecule has 20 heavy (non-hydrogen) atoms. The van der Waals surface area contributed by atoms with E-state index in [0.717, 1.165) is 23.6 Å². The molecule has 2 aromatic carbocycles. The van der Waals surface area contributed by atoms with Crippen LogP contribution in [-0.4, -0.2) is 16.9 Å². The molecule has 3 aromatic rings. The van der Waals surface area contributed by atoms with E-state index in [2.05, 4.69) is 29.4 Å². The molecule has 3 heteroatoms. The minimum atomic E-state index is 0.761. The number of benzene rings is 2. The van der Waals surface area contributed by atoms with Crippen LogP contribution in [0.5, 0.6) is 5.75 Å². The highest BCUT2D eigenvalue weighted by atomic mass is 16.5. The average molecular weight is 264 g/mol. The van der Waals surface area contributed by atoms with E-state index in [9.17, 15) is 0 Å². The molecule has 3 nitrogen and oxygen atoms in total. The molecule has 0 aliphatic carbocycles. The van der Waals surface area contributed by atoms with Gasteiger partial charge in [-0.25, -0.2) is 0 Å². The van der Waals surface area contributed by atoms with Crippen LogP contribution in [0.25, 0.3) is 11.3 Å². The van der Waals surface area contributed by atoms with Gasteiger partial charge >= 0.3 is 0 Å². The fourth-order valence-electron chi connectivity index (χ4n) is 2.13. The van der Waals surface area contributed by atoms with Crippen molar-refractivity contribution in [1.82, 2.24) is 9.78 Å². The van der Waals surface area contributed by atoms with E-state index in [-0.39, 0.29) is 0 Å². The molecule has 3 rings (SSSR count). The lowest BCUT2D eigenvalue weighted by molar-refractivity contribution is 0.414. The SMILES string of the molecule is COc1ccc(Cn2ccc(-c3ccccc3)n2)cc1. The molecule has 100 valence electrons. The highest BCUT2D eigenvalue weighted by Gasteiger charge is 2.02. The van der Waals surface area contributed by atoms with Gasteiger partial charge in [-0.3, -0.25) is 4.68 Å². The summed E-state index contributed by atoms with van der Waals surface area (Å²) >= 11 is 0. The molecule has 0 bridgehead atoms. The van der Waals surface area contributed by atoms with Crippen molar-refractivity contribution in [3.63, 3.8) is 0 Å². The van der Waals surface area contributed by atoms with Crippen LogP contribution in [-0.2, 0) is 6.54 Å². The first kappa shape index (κ1) is 12.5. The third kappa shape index (κ3) is 2.72. The molecular formula is C17H16N2O. The number of hydrogen-bond acceptors (Lipinski definition) is 2. The summed E-state index contributed by atoms with van der Waals surface area (Å²) in [4.78, 5) is 0. The van der Waals surface area contributed by atoms with E-state index in [1.807, 2.05) is 47.3 Å². The van der Waals surface area contributed by atoms with E-state index in [4.69, 9.17) is 4.74 Å². The van der Waals surface area contributed by atoms with Gasteiger partial charge in [-0.05, 0) is 23.8 Å². The monoisotopic (exact) mass is 264 g/mol. The van der Waals surface area contributed by atoms with Crippen LogP contribution in [0.15, 0.2) is 66.9 Å². The summed E-state index contributed by atoms with van der Waals surface area (Å²) in [5, 5.41) is 4.60. The summed E-state index contributed by atoms with van der Waals surface area (Å²) < 4.78 is 7.11. The van der Waals surface area contributed by atoms with Gasteiger partial charge in [0.15, 0.2) is 0 Å². The second-order valence-corrected chi connectivity index (χ2v) is 4.61. The van der Waals surface area contributed by atoms with E-state index < -0.39 is 0 Å². The van der Waals surface area contributed by atoms with Crippen molar-refractivity contribution < 1.29 is 4.74 Å². The maximum atomic E-state index is 5.16. The maximum absolute atomic E-state index is 5.16. The van der Waals surface area contributed by atoms with Crippen LogP contribution in [0.4, 0.5) is 0 Å². The Balaban J connectivity index is 1.77. The van der Waals surface area contributed by atoms with Gasteiger partial charge in [0.05, 0.1) is 19.3 Å². The Morgan fingerprint density at radius 1 is 0.950 bits per heavy atom. The Labute approximate surface area is 118 Å². The predicted molar refractivity (Wildman–Crippen MR) is 79.8 cm³/mol. The zero-order chi connectivity index (χ0) is 13.8. The fraction of sp³-hybridized carbons (Fsp3) is 0.118. The van der Waals surface area contributed by atoms with Crippen molar-refractivity contribution in [2.24, 2.45) is 0 Å². The lowest BCUT2D eigenvalue weighted by Crippen LogP contribution is -2.00. The molecule has 1 aromatic heterocycles. The van der Waals surface area contributed by atoms with E-state index in [0.29, 0.717) is 0 Å². The summed E-state index contributed by atoms with van der Waals surface area (Å²) in [5.74, 6) is 0.874. The number of aromatic nitrogens is 2. The number of methoxy groups -OCH3 is 1. The molecule has 0 atom stereocenters. The molecule has 0 unspecified atom stereocenters. The maximum Gasteiger partial charge on any atom is 0.118 e. The highest BCUT2D eigenvalue weighted by molar-refractivity contribution is 5.58. The van der Waals surface area contributed by atoms with E-state index in [1.54, 1.807) is 7.11 Å². The van der Waals surface area contributed by atoms with Crippen LogP contribution < -0.4 is 4.74 Å². The first-order valence-electron chi connectivity index (χ1n) is 6.57. The minimum Gasteiger partial charge on any atom is -0.497 e. The highest BCUT2D eigenvalue weighted by Crippen LogP contribution is 2.17. The second-order valence-electron chi connectivity index (χ2n) is 4.61. The first-order valence-corrected chi connectivity index (χ1v) is 6.57. The van der Waals surface area contributed by atoms with Gasteiger partial charge in [-0.1, -0.05) is 42.5 Å². The number of ether oxygens (including phenoxy) is 1. The van der Waals surface area contributed by atoms with Gasteiger partial charge in [0.2, 0.25) is 0 Å². The summed E-state index contributed by atoms with van der Waals surface area (Å²) in [5.41, 5.74) is 3.34. The number of rotatable bonds is 4. The summed E-state index contributed by atoms with van der Waals surface area (Å²) in [6.45, 7) is 0.761. The van der Waals surface area contributed by atoms with E-state index >= 15 is 0 Å². The lowest BCUT2D eigenvalue weighted by Gasteiger charge is -2.04. The van der Waals surface area contributed by atoms with Crippen molar-refractivity contribution in [3.05, 3.63) is 72.4 Å². The molecule has 0 N–H and O–H groups in total. The van der Waals surface area contributed by atoms with Crippen molar-refractivity contribution >= 4 is 0 Å². The Morgan fingerprint density at radius 2 is 1.70 bits per heavy atom. The zero-order valence-corrected chi connectivity index (χ0v) is 11.4. The van der Waals surface area contributed by atoms with Crippen LogP contribution in [0, 0.1) is 0 Å². The topological polar surface area (TPSA) is 27.1 Å². The molecule has 0 saturated carbocycles. The van der Waals surface area contributed by atoms with Crippen molar-refractivity contribution in [2.75, 3.05) is 7.11 Å². The van der Waals surface area contributed by atoms with Crippen LogP contribution in [0.2, 0.25) is 0 Å². The summed E-state index contributed by atoms with van der Waals surface area (Å²) in [6.07, 6.45) is 2.01. The number of hydrogen-bond donors (Lipinski definition) is 0. The molecule has 0 spiro atoms. The van der Waals surface area contributed by atoms with Gasteiger partial charge in [-0.2, -0.15) is 5.10 Å². The molecule has 0 radical (unpaired) electrons. The standard InChI is InChI=1S/C17H16N2O/c1-20-16-9-7-14(8-10-16)13-19-12-11-17(18-19)15-5-3-2-4-6-15/h2-12H,13H2,1H3. The molecular weight excluding hydrogens is 248 g/mol. The van der Waals surface area contributed by atoms with Crippen molar-refractivity contribution in [2.45, 2.75) is 6.54 Å². The zero-order valence-electron chi connectivity index (χ0n) is 11.4. The molecule has 0 fully saturated rings. The Bertz CT molecular complexity index is 672.